The molecule has 7 nitrogen and oxygen atoms in total. The number of hydrogen-bond donors (Lipinski definition) is 1. The summed E-state index contributed by atoms with van der Waals surface area (Å²) in [7, 11) is -3.63. The molecule has 0 atom stereocenters. The second-order valence-electron chi connectivity index (χ2n) is 3.44. The lowest BCUT2D eigenvalue weighted by atomic mass is 10.1. The Hall–Kier alpha value is -2.07. The van der Waals surface area contributed by atoms with Gasteiger partial charge >= 0.3 is 0 Å². The van der Waals surface area contributed by atoms with Crippen LogP contribution < -0.4 is 4.72 Å². The molecular formula is C10H11N5O2S. The van der Waals surface area contributed by atoms with Crippen molar-refractivity contribution in [2.75, 3.05) is 13.1 Å². The van der Waals surface area contributed by atoms with Gasteiger partial charge in [-0.2, -0.15) is 5.26 Å². The number of azide groups is 1. The molecule has 1 aromatic rings. The zero-order chi connectivity index (χ0) is 13.6. The largest absolute Gasteiger partial charge is 0.240 e. The van der Waals surface area contributed by atoms with E-state index < -0.39 is 10.0 Å². The molecule has 0 aliphatic rings. The average Bonchev–Trinajstić information content (AvgIpc) is 2.34. The van der Waals surface area contributed by atoms with Crippen LogP contribution in [0.3, 0.4) is 0 Å². The highest BCUT2D eigenvalue weighted by Crippen LogP contribution is 2.14. The van der Waals surface area contributed by atoms with Gasteiger partial charge in [0, 0.05) is 18.0 Å². The van der Waals surface area contributed by atoms with Crippen molar-refractivity contribution in [1.82, 2.24) is 4.72 Å². The van der Waals surface area contributed by atoms with Gasteiger partial charge in [-0.25, -0.2) is 13.1 Å². The van der Waals surface area contributed by atoms with E-state index in [1.54, 1.807) is 6.92 Å². The van der Waals surface area contributed by atoms with Gasteiger partial charge in [0.25, 0.3) is 0 Å². The van der Waals surface area contributed by atoms with Crippen LogP contribution in [0.2, 0.25) is 0 Å². The van der Waals surface area contributed by atoms with Crippen molar-refractivity contribution < 1.29 is 8.42 Å². The number of aryl methyl sites for hydroxylation is 1. The van der Waals surface area contributed by atoms with Crippen LogP contribution in [0, 0.1) is 18.3 Å². The molecule has 1 aromatic carbocycles. The summed E-state index contributed by atoms with van der Waals surface area (Å²) in [6.07, 6.45) is 0. The minimum atomic E-state index is -3.63. The molecule has 0 fully saturated rings. The summed E-state index contributed by atoms with van der Waals surface area (Å²) in [5.74, 6) is 0. The monoisotopic (exact) mass is 265 g/mol. The molecule has 0 bridgehead atoms. The first-order chi connectivity index (χ1) is 8.51. The first kappa shape index (κ1) is 14.0. The van der Waals surface area contributed by atoms with E-state index in [1.807, 2.05) is 6.07 Å². The summed E-state index contributed by atoms with van der Waals surface area (Å²) in [5.41, 5.74) is 9.08. The van der Waals surface area contributed by atoms with Crippen LogP contribution in [-0.2, 0) is 10.0 Å². The molecule has 8 heteroatoms. The second kappa shape index (κ2) is 6.02. The number of nitrogens with zero attached hydrogens (tertiary/aromatic N) is 4. The Labute approximate surface area is 105 Å². The van der Waals surface area contributed by atoms with Crippen molar-refractivity contribution in [3.05, 3.63) is 39.8 Å². The summed E-state index contributed by atoms with van der Waals surface area (Å²) >= 11 is 0. The Morgan fingerprint density at radius 1 is 1.56 bits per heavy atom. The van der Waals surface area contributed by atoms with Crippen molar-refractivity contribution in [1.29, 1.82) is 5.26 Å². The average molecular weight is 265 g/mol. The first-order valence-electron chi connectivity index (χ1n) is 5.02. The molecule has 0 aromatic heterocycles. The van der Waals surface area contributed by atoms with E-state index in [-0.39, 0.29) is 18.0 Å². The number of sulfonamides is 1. The number of benzene rings is 1. The number of nitrogens with one attached hydrogen (secondary N) is 1. The minimum Gasteiger partial charge on any atom is -0.211 e. The van der Waals surface area contributed by atoms with Crippen LogP contribution in [0.4, 0.5) is 0 Å². The molecule has 0 aliphatic carbocycles. The fraction of sp³-hybridized carbons (Fsp3) is 0.300. The third-order valence-corrected chi connectivity index (χ3v) is 3.65. The van der Waals surface area contributed by atoms with E-state index in [1.165, 1.54) is 18.2 Å². The fourth-order valence-electron chi connectivity index (χ4n) is 1.29. The van der Waals surface area contributed by atoms with Crippen LogP contribution in [0.1, 0.15) is 11.1 Å². The van der Waals surface area contributed by atoms with Gasteiger partial charge < -0.3 is 0 Å². The predicted octanol–water partition coefficient (Wildman–Crippen LogP) is 1.46. The lowest BCUT2D eigenvalue weighted by Crippen LogP contribution is -2.26. The Kier molecular flexibility index (Phi) is 4.68. The Morgan fingerprint density at radius 3 is 2.83 bits per heavy atom. The second-order valence-corrected chi connectivity index (χ2v) is 5.21. The molecule has 0 spiro atoms. The lowest BCUT2D eigenvalue weighted by Gasteiger charge is -2.06. The molecule has 0 saturated carbocycles. The maximum absolute atomic E-state index is 11.8. The summed E-state index contributed by atoms with van der Waals surface area (Å²) < 4.78 is 25.9. The van der Waals surface area contributed by atoms with E-state index in [0.29, 0.717) is 11.1 Å². The van der Waals surface area contributed by atoms with Crippen molar-refractivity contribution in [3.8, 4) is 6.07 Å². The zero-order valence-electron chi connectivity index (χ0n) is 9.66. The van der Waals surface area contributed by atoms with Crippen molar-refractivity contribution in [2.24, 2.45) is 5.11 Å². The SMILES string of the molecule is Cc1cc(S(=O)(=O)NCCN=[N+]=[N-])ccc1C#N. The summed E-state index contributed by atoms with van der Waals surface area (Å²) in [6, 6.07) is 6.21. The highest BCUT2D eigenvalue weighted by atomic mass is 32.2. The van der Waals surface area contributed by atoms with Gasteiger partial charge in [0.15, 0.2) is 0 Å². The Bertz CT molecular complexity index is 626. The van der Waals surface area contributed by atoms with Crippen molar-refractivity contribution in [2.45, 2.75) is 11.8 Å². The van der Waals surface area contributed by atoms with Crippen molar-refractivity contribution in [3.63, 3.8) is 0 Å². The van der Waals surface area contributed by atoms with Gasteiger partial charge in [0.1, 0.15) is 0 Å². The van der Waals surface area contributed by atoms with E-state index in [0.717, 1.165) is 0 Å². The highest BCUT2D eigenvalue weighted by molar-refractivity contribution is 7.89. The minimum absolute atomic E-state index is 0.0332. The molecule has 0 unspecified atom stereocenters. The normalized spacial score (nSPS) is 10.4. The molecule has 0 amide bonds. The summed E-state index contributed by atoms with van der Waals surface area (Å²) in [5, 5.41) is 12.0. The molecule has 94 valence electrons. The van der Waals surface area contributed by atoms with Crippen LogP contribution >= 0.6 is 0 Å². The third-order valence-electron chi connectivity index (χ3n) is 2.20. The fourth-order valence-corrected chi connectivity index (χ4v) is 2.39. The molecule has 1 N–H and O–H groups in total. The van der Waals surface area contributed by atoms with Crippen LogP contribution in [0.25, 0.3) is 10.4 Å². The summed E-state index contributed by atoms with van der Waals surface area (Å²) in [6.45, 7) is 1.74. The smallest absolute Gasteiger partial charge is 0.211 e. The molecular weight excluding hydrogens is 254 g/mol. The standard InChI is InChI=1S/C10H11N5O2S/c1-8-6-10(3-2-9(8)7-11)18(16,17)14-5-4-13-15-12/h2-3,6,14H,4-5H2,1H3. The van der Waals surface area contributed by atoms with Gasteiger partial charge in [-0.1, -0.05) is 5.11 Å². The van der Waals surface area contributed by atoms with E-state index in [2.05, 4.69) is 14.7 Å². The molecule has 0 heterocycles. The van der Waals surface area contributed by atoms with Crippen LogP contribution in [0.5, 0.6) is 0 Å². The zero-order valence-corrected chi connectivity index (χ0v) is 10.5. The lowest BCUT2D eigenvalue weighted by molar-refractivity contribution is 0.582. The Morgan fingerprint density at radius 2 is 2.28 bits per heavy atom. The predicted molar refractivity (Wildman–Crippen MR) is 65.1 cm³/mol. The third kappa shape index (κ3) is 3.46. The maximum Gasteiger partial charge on any atom is 0.240 e. The van der Waals surface area contributed by atoms with Crippen LogP contribution in [-0.4, -0.2) is 21.5 Å². The number of nitriles is 1. The highest BCUT2D eigenvalue weighted by Gasteiger charge is 2.14. The van der Waals surface area contributed by atoms with Gasteiger partial charge in [0.05, 0.1) is 16.5 Å². The summed E-state index contributed by atoms with van der Waals surface area (Å²) in [4.78, 5) is 2.60. The molecule has 0 aliphatic heterocycles. The van der Waals surface area contributed by atoms with E-state index >= 15 is 0 Å². The van der Waals surface area contributed by atoms with Gasteiger partial charge in [-0.3, -0.25) is 0 Å². The van der Waals surface area contributed by atoms with Gasteiger partial charge in [-0.15, -0.1) is 0 Å². The van der Waals surface area contributed by atoms with Crippen LogP contribution in [0.15, 0.2) is 28.2 Å². The van der Waals surface area contributed by atoms with Crippen molar-refractivity contribution >= 4 is 10.0 Å². The molecule has 0 saturated heterocycles. The molecule has 18 heavy (non-hydrogen) atoms. The number of rotatable bonds is 5. The first-order valence-corrected chi connectivity index (χ1v) is 6.51. The number of hydrogen-bond acceptors (Lipinski definition) is 4. The maximum atomic E-state index is 11.8. The van der Waals surface area contributed by atoms with Gasteiger partial charge in [-0.05, 0) is 36.2 Å². The Balaban J connectivity index is 2.89. The van der Waals surface area contributed by atoms with Gasteiger partial charge in [0.2, 0.25) is 10.0 Å². The molecule has 0 radical (unpaired) electrons. The quantitative estimate of drug-likeness (QED) is 0.375. The molecule has 1 rings (SSSR count). The van der Waals surface area contributed by atoms with E-state index in [4.69, 9.17) is 10.8 Å². The topological polar surface area (TPSA) is 119 Å². The van der Waals surface area contributed by atoms with E-state index in [9.17, 15) is 8.42 Å².